The van der Waals surface area contributed by atoms with Crippen LogP contribution in [0, 0.1) is 0 Å². The molecule has 7 nitrogen and oxygen atoms in total. The predicted octanol–water partition coefficient (Wildman–Crippen LogP) is 2.02. The van der Waals surface area contributed by atoms with Crippen LogP contribution in [0.2, 0.25) is 0 Å². The second-order valence-electron chi connectivity index (χ2n) is 6.31. The highest BCUT2D eigenvalue weighted by atomic mass is 32.1. The lowest BCUT2D eigenvalue weighted by molar-refractivity contribution is -0.120. The number of aromatic nitrogens is 3. The zero-order valence-corrected chi connectivity index (χ0v) is 15.7. The van der Waals surface area contributed by atoms with E-state index in [1.165, 1.54) is 6.20 Å². The Bertz CT molecular complexity index is 749. The molecule has 138 valence electrons. The van der Waals surface area contributed by atoms with Crippen molar-refractivity contribution in [3.8, 4) is 0 Å². The second-order valence-corrected chi connectivity index (χ2v) is 7.20. The van der Waals surface area contributed by atoms with Crippen molar-refractivity contribution in [1.29, 1.82) is 0 Å². The van der Waals surface area contributed by atoms with Crippen LogP contribution in [-0.4, -0.2) is 51.3 Å². The van der Waals surface area contributed by atoms with Gasteiger partial charge in [0.05, 0.1) is 16.9 Å². The number of thiazole rings is 1. The van der Waals surface area contributed by atoms with Gasteiger partial charge in [0, 0.05) is 56.2 Å². The fourth-order valence-corrected chi connectivity index (χ4v) is 4.00. The zero-order chi connectivity index (χ0) is 18.4. The third-order valence-electron chi connectivity index (χ3n) is 4.43. The summed E-state index contributed by atoms with van der Waals surface area (Å²) in [7, 11) is 0. The van der Waals surface area contributed by atoms with Crippen molar-refractivity contribution in [2.75, 3.05) is 19.6 Å². The molecule has 3 rings (SSSR count). The van der Waals surface area contributed by atoms with E-state index in [9.17, 15) is 9.59 Å². The molecule has 0 radical (unpaired) electrons. The van der Waals surface area contributed by atoms with Gasteiger partial charge in [0.2, 0.25) is 5.91 Å². The molecular weight excluding hydrogens is 350 g/mol. The van der Waals surface area contributed by atoms with Gasteiger partial charge in [0.25, 0.3) is 5.91 Å². The minimum atomic E-state index is -0.0677. The fraction of sp³-hybridized carbons (Fsp3) is 0.500. The van der Waals surface area contributed by atoms with E-state index in [1.54, 1.807) is 23.7 Å². The van der Waals surface area contributed by atoms with Gasteiger partial charge >= 0.3 is 0 Å². The molecule has 1 aliphatic heterocycles. The zero-order valence-electron chi connectivity index (χ0n) is 14.9. The molecule has 1 unspecified atom stereocenters. The van der Waals surface area contributed by atoms with Crippen LogP contribution in [0.15, 0.2) is 24.0 Å². The first-order chi connectivity index (χ1) is 12.7. The molecule has 8 heteroatoms. The molecule has 0 aliphatic carbocycles. The molecule has 1 saturated heterocycles. The molecule has 0 saturated carbocycles. The van der Waals surface area contributed by atoms with Crippen molar-refractivity contribution in [2.24, 2.45) is 0 Å². The monoisotopic (exact) mass is 373 g/mol. The van der Waals surface area contributed by atoms with Crippen LogP contribution in [0.1, 0.15) is 53.3 Å². The molecule has 1 aliphatic rings. The molecule has 1 atom stereocenters. The first kappa shape index (κ1) is 18.4. The molecule has 0 bridgehead atoms. The number of rotatable bonds is 6. The maximum atomic E-state index is 12.6. The van der Waals surface area contributed by atoms with Crippen molar-refractivity contribution in [1.82, 2.24) is 25.2 Å². The summed E-state index contributed by atoms with van der Waals surface area (Å²) in [5, 5.41) is 5.99. The number of nitrogens with zero attached hydrogens (tertiary/aromatic N) is 4. The van der Waals surface area contributed by atoms with Crippen molar-refractivity contribution in [2.45, 2.75) is 38.5 Å². The maximum Gasteiger partial charge on any atom is 0.274 e. The summed E-state index contributed by atoms with van der Waals surface area (Å²) < 4.78 is 0. The van der Waals surface area contributed by atoms with Crippen molar-refractivity contribution in [3.05, 3.63) is 40.4 Å². The van der Waals surface area contributed by atoms with E-state index in [1.807, 2.05) is 11.8 Å². The molecule has 2 aromatic heterocycles. The maximum absolute atomic E-state index is 12.6. The average Bonchev–Trinajstić information content (AvgIpc) is 3.17. The van der Waals surface area contributed by atoms with Gasteiger partial charge in [0.1, 0.15) is 5.69 Å². The summed E-state index contributed by atoms with van der Waals surface area (Å²) in [4.78, 5) is 38.5. The average molecular weight is 373 g/mol. The first-order valence-corrected chi connectivity index (χ1v) is 9.81. The van der Waals surface area contributed by atoms with Crippen LogP contribution in [0.4, 0.5) is 0 Å². The Morgan fingerprint density at radius 2 is 2.27 bits per heavy atom. The molecule has 3 heterocycles. The predicted molar refractivity (Wildman–Crippen MR) is 99.0 cm³/mol. The van der Waals surface area contributed by atoms with Crippen molar-refractivity contribution < 1.29 is 9.59 Å². The van der Waals surface area contributed by atoms with Crippen LogP contribution in [-0.2, 0) is 11.2 Å². The van der Waals surface area contributed by atoms with E-state index in [-0.39, 0.29) is 17.7 Å². The molecule has 1 N–H and O–H groups in total. The van der Waals surface area contributed by atoms with E-state index in [0.717, 1.165) is 36.5 Å². The van der Waals surface area contributed by atoms with Crippen LogP contribution >= 0.6 is 11.3 Å². The first-order valence-electron chi connectivity index (χ1n) is 8.93. The van der Waals surface area contributed by atoms with Gasteiger partial charge in [-0.25, -0.2) is 9.97 Å². The minimum absolute atomic E-state index is 0.0610. The molecule has 2 amide bonds. The second kappa shape index (κ2) is 8.84. The third kappa shape index (κ3) is 4.63. The summed E-state index contributed by atoms with van der Waals surface area (Å²) in [5.74, 6) is 0.251. The highest BCUT2D eigenvalue weighted by Gasteiger charge is 2.27. The van der Waals surface area contributed by atoms with Gasteiger partial charge < -0.3 is 10.2 Å². The number of carbonyl (C=O) groups excluding carboxylic acids is 2. The fourth-order valence-electron chi connectivity index (χ4n) is 3.01. The Kier molecular flexibility index (Phi) is 6.27. The van der Waals surface area contributed by atoms with E-state index in [2.05, 4.69) is 20.7 Å². The summed E-state index contributed by atoms with van der Waals surface area (Å²) in [5.41, 5.74) is 1.39. The molecule has 26 heavy (non-hydrogen) atoms. The molecular formula is C18H23N5O2S. The van der Waals surface area contributed by atoms with Gasteiger partial charge in [-0.15, -0.1) is 11.3 Å². The van der Waals surface area contributed by atoms with Crippen LogP contribution < -0.4 is 5.32 Å². The summed E-state index contributed by atoms with van der Waals surface area (Å²) in [6, 6.07) is 0. The summed E-state index contributed by atoms with van der Waals surface area (Å²) in [6.45, 7) is 3.85. The van der Waals surface area contributed by atoms with E-state index in [4.69, 9.17) is 4.98 Å². The molecule has 0 spiro atoms. The van der Waals surface area contributed by atoms with Crippen molar-refractivity contribution in [3.63, 3.8) is 0 Å². The molecule has 1 fully saturated rings. The normalized spacial score (nSPS) is 17.1. The third-order valence-corrected chi connectivity index (χ3v) is 5.49. The Morgan fingerprint density at radius 1 is 1.38 bits per heavy atom. The number of piperidine rings is 1. The topological polar surface area (TPSA) is 88.1 Å². The van der Waals surface area contributed by atoms with Crippen LogP contribution in [0.5, 0.6) is 0 Å². The van der Waals surface area contributed by atoms with Gasteiger partial charge in [-0.1, -0.05) is 6.92 Å². The van der Waals surface area contributed by atoms with Gasteiger partial charge in [-0.3, -0.25) is 14.6 Å². The number of likely N-dealkylation sites (tertiary alicyclic amines) is 1. The summed E-state index contributed by atoms with van der Waals surface area (Å²) in [6.07, 6.45) is 7.84. The minimum Gasteiger partial charge on any atom is -0.356 e. The lowest BCUT2D eigenvalue weighted by atomic mass is 9.98. The number of carbonyl (C=O) groups is 2. The van der Waals surface area contributed by atoms with Crippen LogP contribution in [0.25, 0.3) is 0 Å². The van der Waals surface area contributed by atoms with Crippen molar-refractivity contribution >= 4 is 23.2 Å². The van der Waals surface area contributed by atoms with E-state index in [0.29, 0.717) is 25.2 Å². The SMILES string of the molecule is CCC(=O)NCCc1csc(C2CCCN(C(=O)c3cnccn3)C2)n1. The quantitative estimate of drug-likeness (QED) is 0.837. The number of amides is 2. The largest absolute Gasteiger partial charge is 0.356 e. The Labute approximate surface area is 156 Å². The number of hydrogen-bond acceptors (Lipinski definition) is 6. The lowest BCUT2D eigenvalue weighted by Crippen LogP contribution is -2.39. The highest BCUT2D eigenvalue weighted by Crippen LogP contribution is 2.29. The van der Waals surface area contributed by atoms with Gasteiger partial charge in [0.15, 0.2) is 0 Å². The van der Waals surface area contributed by atoms with Gasteiger partial charge in [-0.05, 0) is 12.8 Å². The highest BCUT2D eigenvalue weighted by molar-refractivity contribution is 7.09. The summed E-state index contributed by atoms with van der Waals surface area (Å²) >= 11 is 1.64. The Balaban J connectivity index is 1.58. The number of nitrogens with one attached hydrogen (secondary N) is 1. The Hall–Kier alpha value is -2.35. The standard InChI is InChI=1S/C18H23N5O2S/c1-2-16(24)21-6-5-14-12-26-17(22-14)13-4-3-9-23(11-13)18(25)15-10-19-7-8-20-15/h7-8,10,12-13H,2-6,9,11H2,1H3,(H,21,24). The smallest absolute Gasteiger partial charge is 0.274 e. The molecule has 2 aromatic rings. The van der Waals surface area contributed by atoms with Crippen LogP contribution in [0.3, 0.4) is 0 Å². The Morgan fingerprint density at radius 3 is 3.04 bits per heavy atom. The lowest BCUT2D eigenvalue weighted by Gasteiger charge is -2.31. The van der Waals surface area contributed by atoms with E-state index >= 15 is 0 Å². The number of hydrogen-bond donors (Lipinski definition) is 1. The van der Waals surface area contributed by atoms with E-state index < -0.39 is 0 Å². The molecule has 0 aromatic carbocycles. The van der Waals surface area contributed by atoms with Gasteiger partial charge in [-0.2, -0.15) is 0 Å².